The molecule has 0 saturated heterocycles. The van der Waals surface area contributed by atoms with E-state index in [-0.39, 0.29) is 6.61 Å². The monoisotopic (exact) mass is 314 g/mol. The van der Waals surface area contributed by atoms with Gasteiger partial charge in [-0.2, -0.15) is 0 Å². The van der Waals surface area contributed by atoms with Gasteiger partial charge in [0.15, 0.2) is 5.75 Å². The molecule has 0 aliphatic carbocycles. The summed E-state index contributed by atoms with van der Waals surface area (Å²) >= 11 is 0. The number of nitrogens with zero attached hydrogens (tertiary/aromatic N) is 1. The fourth-order valence-corrected chi connectivity index (χ4v) is 1.56. The quantitative estimate of drug-likeness (QED) is 0.668. The molecule has 0 bridgehead atoms. The first-order valence-electron chi connectivity index (χ1n) is 5.64. The smallest absolute Gasteiger partial charge is 0.462 e. The second-order valence-corrected chi connectivity index (χ2v) is 3.63. The molecule has 0 atom stereocenters. The van der Waals surface area contributed by atoms with Crippen molar-refractivity contribution in [1.29, 1.82) is 0 Å². The van der Waals surface area contributed by atoms with Crippen LogP contribution in [0.3, 0.4) is 0 Å². The standard InChI is InChI=1S/C11H11F5N2O3/c1-2-20-10(19)7-5(3-17)6(21-11(14,15)16)4-18-8(7)9(12)13/h4,9H,2-3,17H2,1H3. The number of hydrogen-bond acceptors (Lipinski definition) is 5. The summed E-state index contributed by atoms with van der Waals surface area (Å²) in [6.45, 7) is 0.614. The van der Waals surface area contributed by atoms with Crippen LogP contribution in [0.4, 0.5) is 22.0 Å². The number of ether oxygens (including phenoxy) is 2. The second kappa shape index (κ2) is 6.66. The second-order valence-electron chi connectivity index (χ2n) is 3.63. The van der Waals surface area contributed by atoms with Crippen molar-refractivity contribution >= 4 is 5.97 Å². The summed E-state index contributed by atoms with van der Waals surface area (Å²) in [5.74, 6) is -2.16. The first-order valence-corrected chi connectivity index (χ1v) is 5.64. The van der Waals surface area contributed by atoms with Crippen LogP contribution in [0.1, 0.15) is 35.0 Å². The fraction of sp³-hybridized carbons (Fsp3) is 0.455. The molecular weight excluding hydrogens is 303 g/mol. The molecule has 0 aromatic carbocycles. The van der Waals surface area contributed by atoms with Crippen LogP contribution >= 0.6 is 0 Å². The van der Waals surface area contributed by atoms with Gasteiger partial charge in [0.05, 0.1) is 18.4 Å². The molecule has 5 nitrogen and oxygen atoms in total. The zero-order valence-corrected chi connectivity index (χ0v) is 10.7. The predicted octanol–water partition coefficient (Wildman–Crippen LogP) is 2.55. The number of hydrogen-bond donors (Lipinski definition) is 1. The predicted molar refractivity (Wildman–Crippen MR) is 59.7 cm³/mol. The lowest BCUT2D eigenvalue weighted by atomic mass is 10.1. The molecule has 10 heteroatoms. The lowest BCUT2D eigenvalue weighted by molar-refractivity contribution is -0.275. The number of rotatable bonds is 5. The third-order valence-corrected chi connectivity index (χ3v) is 2.29. The lowest BCUT2D eigenvalue weighted by Gasteiger charge is -2.17. The van der Waals surface area contributed by atoms with E-state index in [2.05, 4.69) is 14.5 Å². The third kappa shape index (κ3) is 4.25. The Hall–Kier alpha value is -1.97. The zero-order valence-electron chi connectivity index (χ0n) is 10.7. The highest BCUT2D eigenvalue weighted by Gasteiger charge is 2.35. The Kier molecular flexibility index (Phi) is 5.41. The fourth-order valence-electron chi connectivity index (χ4n) is 1.56. The summed E-state index contributed by atoms with van der Waals surface area (Å²) in [4.78, 5) is 14.8. The van der Waals surface area contributed by atoms with Gasteiger partial charge in [-0.3, -0.25) is 4.98 Å². The maximum atomic E-state index is 12.8. The summed E-state index contributed by atoms with van der Waals surface area (Å²) in [5, 5.41) is 0. The molecule has 0 radical (unpaired) electrons. The van der Waals surface area contributed by atoms with E-state index in [1.54, 1.807) is 0 Å². The van der Waals surface area contributed by atoms with E-state index in [9.17, 15) is 26.7 Å². The van der Waals surface area contributed by atoms with Crippen molar-refractivity contribution in [3.05, 3.63) is 23.0 Å². The number of carbonyl (C=O) groups is 1. The Morgan fingerprint density at radius 1 is 1.43 bits per heavy atom. The normalized spacial score (nSPS) is 11.6. The third-order valence-electron chi connectivity index (χ3n) is 2.29. The molecule has 0 spiro atoms. The van der Waals surface area contributed by atoms with Crippen LogP contribution in [0.25, 0.3) is 0 Å². The molecular formula is C11H11F5N2O3. The van der Waals surface area contributed by atoms with Crippen LogP contribution < -0.4 is 10.5 Å². The van der Waals surface area contributed by atoms with Gasteiger partial charge in [-0.15, -0.1) is 13.2 Å². The van der Waals surface area contributed by atoms with E-state index in [1.807, 2.05) is 0 Å². The Balaban J connectivity index is 3.45. The number of esters is 1. The molecule has 0 fully saturated rings. The summed E-state index contributed by atoms with van der Waals surface area (Å²) in [5.41, 5.74) is 2.88. The maximum Gasteiger partial charge on any atom is 0.573 e. The highest BCUT2D eigenvalue weighted by molar-refractivity contribution is 5.93. The highest BCUT2D eigenvalue weighted by Crippen LogP contribution is 2.32. The van der Waals surface area contributed by atoms with E-state index in [0.717, 1.165) is 0 Å². The van der Waals surface area contributed by atoms with E-state index in [4.69, 9.17) is 5.73 Å². The van der Waals surface area contributed by atoms with Crippen molar-refractivity contribution in [3.8, 4) is 5.75 Å². The van der Waals surface area contributed by atoms with Gasteiger partial charge in [-0.1, -0.05) is 0 Å². The molecule has 21 heavy (non-hydrogen) atoms. The summed E-state index contributed by atoms with van der Waals surface area (Å²) in [7, 11) is 0. The van der Waals surface area contributed by atoms with Gasteiger partial charge in [-0.05, 0) is 6.92 Å². The minimum absolute atomic E-state index is 0.157. The van der Waals surface area contributed by atoms with Crippen LogP contribution in [-0.4, -0.2) is 23.9 Å². The molecule has 1 rings (SSSR count). The molecule has 0 aliphatic rings. The first kappa shape index (κ1) is 17.1. The summed E-state index contributed by atoms with van der Waals surface area (Å²) < 4.78 is 70.6. The minimum atomic E-state index is -5.08. The van der Waals surface area contributed by atoms with Gasteiger partial charge in [-0.25, -0.2) is 13.6 Å². The molecule has 0 amide bonds. The van der Waals surface area contributed by atoms with Crippen molar-refractivity contribution in [2.24, 2.45) is 5.73 Å². The van der Waals surface area contributed by atoms with Gasteiger partial charge >= 0.3 is 12.3 Å². The zero-order chi connectivity index (χ0) is 16.2. The number of nitrogens with two attached hydrogens (primary N) is 1. The van der Waals surface area contributed by atoms with Crippen molar-refractivity contribution in [3.63, 3.8) is 0 Å². The topological polar surface area (TPSA) is 74.4 Å². The lowest BCUT2D eigenvalue weighted by Crippen LogP contribution is -2.22. The van der Waals surface area contributed by atoms with E-state index in [0.29, 0.717) is 6.20 Å². The van der Waals surface area contributed by atoms with Gasteiger partial charge in [0.2, 0.25) is 0 Å². The first-order chi connectivity index (χ1) is 9.71. The summed E-state index contributed by atoms with van der Waals surface area (Å²) in [6, 6.07) is 0. The van der Waals surface area contributed by atoms with E-state index < -0.39 is 47.9 Å². The Morgan fingerprint density at radius 3 is 2.48 bits per heavy atom. The number of aromatic nitrogens is 1. The maximum absolute atomic E-state index is 12.8. The van der Waals surface area contributed by atoms with Crippen molar-refractivity contribution in [1.82, 2.24) is 4.98 Å². The van der Waals surface area contributed by atoms with Crippen molar-refractivity contribution in [2.45, 2.75) is 26.3 Å². The number of alkyl halides is 5. The molecule has 0 unspecified atom stereocenters. The number of carbonyl (C=O) groups excluding carboxylic acids is 1. The van der Waals surface area contributed by atoms with Crippen LogP contribution in [0.15, 0.2) is 6.20 Å². The van der Waals surface area contributed by atoms with Crippen molar-refractivity contribution < 1.29 is 36.2 Å². The summed E-state index contributed by atoms with van der Waals surface area (Å²) in [6.07, 6.45) is -7.82. The number of halogens is 5. The van der Waals surface area contributed by atoms with Crippen LogP contribution in [0.2, 0.25) is 0 Å². The molecule has 0 aliphatic heterocycles. The van der Waals surface area contributed by atoms with Crippen molar-refractivity contribution in [2.75, 3.05) is 6.61 Å². The minimum Gasteiger partial charge on any atom is -0.462 e. The Morgan fingerprint density at radius 2 is 2.05 bits per heavy atom. The number of pyridine rings is 1. The Labute approximate surface area is 115 Å². The molecule has 2 N–H and O–H groups in total. The van der Waals surface area contributed by atoms with Gasteiger partial charge in [0.25, 0.3) is 6.43 Å². The molecule has 0 saturated carbocycles. The molecule has 1 aromatic rings. The molecule has 1 heterocycles. The Bertz CT molecular complexity index is 519. The average molecular weight is 314 g/mol. The highest BCUT2D eigenvalue weighted by atomic mass is 19.4. The van der Waals surface area contributed by atoms with E-state index >= 15 is 0 Å². The molecule has 1 aromatic heterocycles. The molecule has 118 valence electrons. The van der Waals surface area contributed by atoms with E-state index in [1.165, 1.54) is 6.92 Å². The van der Waals surface area contributed by atoms with Crippen LogP contribution in [-0.2, 0) is 11.3 Å². The SMILES string of the molecule is CCOC(=O)c1c(C(F)F)ncc(OC(F)(F)F)c1CN. The van der Waals surface area contributed by atoms with Gasteiger partial charge < -0.3 is 15.2 Å². The van der Waals surface area contributed by atoms with Gasteiger partial charge in [0, 0.05) is 12.1 Å². The van der Waals surface area contributed by atoms with Crippen LogP contribution in [0.5, 0.6) is 5.75 Å². The van der Waals surface area contributed by atoms with Crippen LogP contribution in [0, 0.1) is 0 Å². The average Bonchev–Trinajstić information content (AvgIpc) is 2.36. The van der Waals surface area contributed by atoms with Gasteiger partial charge in [0.1, 0.15) is 5.69 Å². The largest absolute Gasteiger partial charge is 0.573 e.